The molecule has 0 saturated heterocycles. The number of hydrogen-bond donors (Lipinski definition) is 3. The quantitative estimate of drug-likeness (QED) is 0.302. The lowest BCUT2D eigenvalue weighted by molar-refractivity contribution is -0.139. The highest BCUT2D eigenvalue weighted by Crippen LogP contribution is 2.35. The van der Waals surface area contributed by atoms with E-state index in [-0.39, 0.29) is 24.6 Å². The summed E-state index contributed by atoms with van der Waals surface area (Å²) in [4.78, 5) is 76.1. The number of rotatable bonds is 9. The second kappa shape index (κ2) is 12.1. The van der Waals surface area contributed by atoms with Crippen molar-refractivity contribution in [3.8, 4) is 11.5 Å². The summed E-state index contributed by atoms with van der Waals surface area (Å²) >= 11 is 0. The topological polar surface area (TPSA) is 172 Å². The summed E-state index contributed by atoms with van der Waals surface area (Å²) in [7, 11) is 0. The van der Waals surface area contributed by atoms with Crippen molar-refractivity contribution < 1.29 is 43.3 Å². The standard InChI is InChI=1S/C27H26N4O9/c1-16(33)31-20-5-3-2-4-19(20)30(13-25(35)28-18(14-32)11-27(37)38)26(36)12-23(31)29-24(34)9-7-17-6-8-21-22(10-17)40-15-39-21/h2-10,14,18,23H,11-13,15H2,1H3,(H,28,35)(H,29,34)(H,37,38)/b9-7+/t18-,23-/m0/s1. The molecule has 4 rings (SSSR count). The van der Waals surface area contributed by atoms with Crippen LogP contribution >= 0.6 is 0 Å². The number of carboxylic acids is 1. The van der Waals surface area contributed by atoms with Crippen molar-refractivity contribution in [3.05, 3.63) is 54.1 Å². The number of carbonyl (C=O) groups excluding carboxylic acids is 5. The van der Waals surface area contributed by atoms with Gasteiger partial charge in [-0.15, -0.1) is 0 Å². The molecule has 2 atom stereocenters. The number of anilines is 2. The van der Waals surface area contributed by atoms with E-state index in [1.165, 1.54) is 24.0 Å². The number of benzene rings is 2. The molecule has 2 aromatic carbocycles. The third kappa shape index (κ3) is 6.43. The van der Waals surface area contributed by atoms with E-state index in [1.807, 2.05) is 0 Å². The lowest BCUT2D eigenvalue weighted by atomic mass is 10.2. The molecular formula is C27H26N4O9. The van der Waals surface area contributed by atoms with E-state index in [9.17, 15) is 28.8 Å². The minimum Gasteiger partial charge on any atom is -0.481 e. The molecule has 40 heavy (non-hydrogen) atoms. The van der Waals surface area contributed by atoms with E-state index >= 15 is 0 Å². The Hall–Kier alpha value is -5.20. The highest BCUT2D eigenvalue weighted by molar-refractivity contribution is 6.08. The largest absolute Gasteiger partial charge is 0.481 e. The fraction of sp³-hybridized carbons (Fsp3) is 0.259. The molecule has 13 heteroatoms. The van der Waals surface area contributed by atoms with Gasteiger partial charge in [0.25, 0.3) is 0 Å². The first kappa shape index (κ1) is 27.8. The summed E-state index contributed by atoms with van der Waals surface area (Å²) in [5.74, 6) is -2.54. The van der Waals surface area contributed by atoms with E-state index < -0.39 is 54.8 Å². The number of amides is 4. The number of hydrogen-bond acceptors (Lipinski definition) is 8. The number of nitrogens with one attached hydrogen (secondary N) is 2. The molecule has 0 bridgehead atoms. The van der Waals surface area contributed by atoms with Gasteiger partial charge in [-0.2, -0.15) is 0 Å². The van der Waals surface area contributed by atoms with Gasteiger partial charge < -0.3 is 34.9 Å². The van der Waals surface area contributed by atoms with Crippen molar-refractivity contribution in [1.82, 2.24) is 10.6 Å². The van der Waals surface area contributed by atoms with Crippen molar-refractivity contribution in [2.24, 2.45) is 0 Å². The van der Waals surface area contributed by atoms with Gasteiger partial charge in [-0.3, -0.25) is 28.9 Å². The summed E-state index contributed by atoms with van der Waals surface area (Å²) in [6.07, 6.45) is 1.03. The Bertz CT molecular complexity index is 1390. The molecule has 0 aromatic heterocycles. The van der Waals surface area contributed by atoms with Crippen LogP contribution in [0.25, 0.3) is 6.08 Å². The van der Waals surface area contributed by atoms with E-state index in [1.54, 1.807) is 42.5 Å². The first-order valence-electron chi connectivity index (χ1n) is 12.2. The SMILES string of the molecule is CC(=O)N1c2ccccc2N(CC(=O)N[C@H](C=O)CC(=O)O)C(=O)C[C@H]1NC(=O)/C=C/c1ccc2c(c1)OCO2. The average Bonchev–Trinajstić information content (AvgIpc) is 3.34. The van der Waals surface area contributed by atoms with E-state index in [4.69, 9.17) is 14.6 Å². The number of carboxylic acid groups (broad SMARTS) is 1. The molecule has 0 spiro atoms. The lowest BCUT2D eigenvalue weighted by Gasteiger charge is -2.29. The van der Waals surface area contributed by atoms with Gasteiger partial charge in [0.15, 0.2) is 11.5 Å². The molecule has 0 fully saturated rings. The fourth-order valence-electron chi connectivity index (χ4n) is 4.36. The smallest absolute Gasteiger partial charge is 0.305 e. The zero-order chi connectivity index (χ0) is 28.8. The molecule has 2 aliphatic heterocycles. The molecular weight excluding hydrogens is 524 g/mol. The van der Waals surface area contributed by atoms with Gasteiger partial charge in [-0.25, -0.2) is 0 Å². The normalized spacial score (nSPS) is 16.6. The van der Waals surface area contributed by atoms with E-state index in [0.29, 0.717) is 23.3 Å². The van der Waals surface area contributed by atoms with Crippen molar-refractivity contribution in [1.29, 1.82) is 0 Å². The number of carbonyl (C=O) groups is 6. The molecule has 13 nitrogen and oxygen atoms in total. The number of aliphatic carboxylic acids is 1. The predicted octanol–water partition coefficient (Wildman–Crippen LogP) is 0.819. The second-order valence-electron chi connectivity index (χ2n) is 8.94. The first-order valence-corrected chi connectivity index (χ1v) is 12.2. The molecule has 2 heterocycles. The zero-order valence-electron chi connectivity index (χ0n) is 21.4. The predicted molar refractivity (Wildman–Crippen MR) is 140 cm³/mol. The highest BCUT2D eigenvalue weighted by Gasteiger charge is 2.36. The van der Waals surface area contributed by atoms with Gasteiger partial charge in [-0.05, 0) is 35.9 Å². The van der Waals surface area contributed by atoms with Crippen LogP contribution in [0.3, 0.4) is 0 Å². The van der Waals surface area contributed by atoms with Gasteiger partial charge in [-0.1, -0.05) is 18.2 Å². The maximum Gasteiger partial charge on any atom is 0.305 e. The Kier molecular flexibility index (Phi) is 8.42. The van der Waals surface area contributed by atoms with Crippen molar-refractivity contribution in [2.45, 2.75) is 32.0 Å². The molecule has 3 N–H and O–H groups in total. The summed E-state index contributed by atoms with van der Waals surface area (Å²) in [5, 5.41) is 13.9. The van der Waals surface area contributed by atoms with Crippen LogP contribution in [0.15, 0.2) is 48.5 Å². The van der Waals surface area contributed by atoms with Gasteiger partial charge in [0.1, 0.15) is 19.0 Å². The first-order chi connectivity index (χ1) is 19.2. The number of nitrogens with zero attached hydrogens (tertiary/aromatic N) is 2. The maximum absolute atomic E-state index is 13.3. The Labute approximate surface area is 228 Å². The zero-order valence-corrected chi connectivity index (χ0v) is 21.4. The van der Waals surface area contributed by atoms with E-state index in [2.05, 4.69) is 10.6 Å². The van der Waals surface area contributed by atoms with Crippen LogP contribution < -0.4 is 29.9 Å². The molecule has 0 unspecified atom stereocenters. The number of para-hydroxylation sites is 2. The van der Waals surface area contributed by atoms with Crippen LogP contribution in [0.5, 0.6) is 11.5 Å². The third-order valence-corrected chi connectivity index (χ3v) is 6.09. The van der Waals surface area contributed by atoms with Gasteiger partial charge in [0.2, 0.25) is 30.4 Å². The van der Waals surface area contributed by atoms with Crippen molar-refractivity contribution in [3.63, 3.8) is 0 Å². The Morgan fingerprint density at radius 1 is 1.10 bits per heavy atom. The van der Waals surface area contributed by atoms with Crippen molar-refractivity contribution in [2.75, 3.05) is 23.1 Å². The molecule has 2 aliphatic rings. The monoisotopic (exact) mass is 550 g/mol. The van der Waals surface area contributed by atoms with Crippen LogP contribution in [0.2, 0.25) is 0 Å². The maximum atomic E-state index is 13.3. The van der Waals surface area contributed by atoms with Gasteiger partial charge >= 0.3 is 5.97 Å². The summed E-state index contributed by atoms with van der Waals surface area (Å²) in [5.41, 5.74) is 1.17. The van der Waals surface area contributed by atoms with Gasteiger partial charge in [0.05, 0.1) is 30.3 Å². The summed E-state index contributed by atoms with van der Waals surface area (Å²) in [6, 6.07) is 10.2. The summed E-state index contributed by atoms with van der Waals surface area (Å²) < 4.78 is 10.6. The van der Waals surface area contributed by atoms with Gasteiger partial charge in [0, 0.05) is 13.0 Å². The highest BCUT2D eigenvalue weighted by atomic mass is 16.7. The summed E-state index contributed by atoms with van der Waals surface area (Å²) in [6.45, 7) is 0.849. The van der Waals surface area contributed by atoms with Crippen LogP contribution in [-0.2, 0) is 28.8 Å². The van der Waals surface area contributed by atoms with E-state index in [0.717, 1.165) is 4.90 Å². The molecule has 208 valence electrons. The molecule has 2 aromatic rings. The Morgan fingerprint density at radius 2 is 1.82 bits per heavy atom. The minimum atomic E-state index is -1.28. The minimum absolute atomic E-state index is 0.111. The number of ether oxygens (including phenoxy) is 2. The molecule has 0 aliphatic carbocycles. The second-order valence-corrected chi connectivity index (χ2v) is 8.94. The number of aldehydes is 1. The van der Waals surface area contributed by atoms with Crippen LogP contribution in [0.1, 0.15) is 25.3 Å². The van der Waals surface area contributed by atoms with Crippen LogP contribution in [0.4, 0.5) is 11.4 Å². The molecule has 0 saturated carbocycles. The lowest BCUT2D eigenvalue weighted by Crippen LogP contribution is -2.51. The fourth-order valence-corrected chi connectivity index (χ4v) is 4.36. The molecule has 0 radical (unpaired) electrons. The van der Waals surface area contributed by atoms with Crippen LogP contribution in [0, 0.1) is 0 Å². The Balaban J connectivity index is 1.54. The number of fused-ring (bicyclic) bond motifs is 2. The average molecular weight is 551 g/mol. The third-order valence-electron chi connectivity index (χ3n) is 6.09. The van der Waals surface area contributed by atoms with Crippen molar-refractivity contribution >= 4 is 53.3 Å². The molecule has 4 amide bonds. The Morgan fingerprint density at radius 3 is 2.52 bits per heavy atom. The van der Waals surface area contributed by atoms with Crippen LogP contribution in [-0.4, -0.2) is 66.5 Å².